The van der Waals surface area contributed by atoms with Gasteiger partial charge in [0, 0.05) is 24.7 Å². The number of nitrogens with zero attached hydrogens (tertiary/aromatic N) is 1. The summed E-state index contributed by atoms with van der Waals surface area (Å²) in [4.78, 5) is 13.3. The Morgan fingerprint density at radius 1 is 1.37 bits per heavy atom. The first-order valence-corrected chi connectivity index (χ1v) is 6.93. The summed E-state index contributed by atoms with van der Waals surface area (Å²) in [6.45, 7) is 3.49. The molecule has 19 heavy (non-hydrogen) atoms. The number of carbonyl (C=O) groups is 1. The van der Waals surface area contributed by atoms with Crippen LogP contribution in [0, 0.1) is 0 Å². The van der Waals surface area contributed by atoms with Crippen molar-refractivity contribution in [3.8, 4) is 0 Å². The molecule has 1 aromatic rings. The van der Waals surface area contributed by atoms with Gasteiger partial charge in [-0.15, -0.1) is 0 Å². The van der Waals surface area contributed by atoms with Crippen LogP contribution in [0.4, 0.5) is 4.79 Å². The molecule has 2 amide bonds. The van der Waals surface area contributed by atoms with Crippen LogP contribution in [0.3, 0.4) is 0 Å². The fourth-order valence-corrected chi connectivity index (χ4v) is 1.90. The standard InChI is InChI=1S/C14H21ClN2O2/c1-2-17(10-11-18)14(19)16-9-3-4-12-5-7-13(15)8-6-12/h5-8,18H,2-4,9-11H2,1H3,(H,16,19). The van der Waals surface area contributed by atoms with E-state index in [0.717, 1.165) is 17.9 Å². The van der Waals surface area contributed by atoms with Gasteiger partial charge in [-0.1, -0.05) is 23.7 Å². The first-order valence-electron chi connectivity index (χ1n) is 6.55. The minimum absolute atomic E-state index is 0.00790. The molecular formula is C14H21ClN2O2. The van der Waals surface area contributed by atoms with Gasteiger partial charge in [0.15, 0.2) is 0 Å². The van der Waals surface area contributed by atoms with Gasteiger partial charge in [0.05, 0.1) is 6.61 Å². The van der Waals surface area contributed by atoms with Crippen LogP contribution in [0.5, 0.6) is 0 Å². The van der Waals surface area contributed by atoms with Gasteiger partial charge in [0.2, 0.25) is 0 Å². The quantitative estimate of drug-likeness (QED) is 0.755. The van der Waals surface area contributed by atoms with E-state index < -0.39 is 0 Å². The Balaban J connectivity index is 2.23. The number of aliphatic hydroxyl groups excluding tert-OH is 1. The maximum absolute atomic E-state index is 11.7. The Morgan fingerprint density at radius 2 is 2.05 bits per heavy atom. The Labute approximate surface area is 119 Å². The van der Waals surface area contributed by atoms with E-state index in [1.807, 2.05) is 31.2 Å². The van der Waals surface area contributed by atoms with E-state index in [-0.39, 0.29) is 12.6 Å². The molecule has 0 saturated heterocycles. The molecule has 0 radical (unpaired) electrons. The van der Waals surface area contributed by atoms with E-state index >= 15 is 0 Å². The minimum Gasteiger partial charge on any atom is -0.395 e. The summed E-state index contributed by atoms with van der Waals surface area (Å²) in [6.07, 6.45) is 1.79. The van der Waals surface area contributed by atoms with E-state index in [1.54, 1.807) is 4.90 Å². The number of nitrogens with one attached hydrogen (secondary N) is 1. The van der Waals surface area contributed by atoms with Crippen LogP contribution in [-0.2, 0) is 6.42 Å². The molecule has 0 aromatic heterocycles. The molecule has 4 nitrogen and oxygen atoms in total. The number of urea groups is 1. The Hall–Kier alpha value is -1.26. The van der Waals surface area contributed by atoms with Gasteiger partial charge in [-0.2, -0.15) is 0 Å². The van der Waals surface area contributed by atoms with E-state index in [2.05, 4.69) is 5.32 Å². The third kappa shape index (κ3) is 5.94. The number of aliphatic hydroxyl groups is 1. The number of amides is 2. The molecule has 106 valence electrons. The van der Waals surface area contributed by atoms with Crippen molar-refractivity contribution in [2.45, 2.75) is 19.8 Å². The molecule has 0 bridgehead atoms. The zero-order chi connectivity index (χ0) is 14.1. The van der Waals surface area contributed by atoms with Gasteiger partial charge >= 0.3 is 6.03 Å². The zero-order valence-electron chi connectivity index (χ0n) is 11.2. The lowest BCUT2D eigenvalue weighted by Crippen LogP contribution is -2.41. The first-order chi connectivity index (χ1) is 9.17. The summed E-state index contributed by atoms with van der Waals surface area (Å²) >= 11 is 5.81. The molecule has 1 rings (SSSR count). The topological polar surface area (TPSA) is 52.6 Å². The number of halogens is 1. The molecule has 1 aromatic carbocycles. The SMILES string of the molecule is CCN(CCO)C(=O)NCCCc1ccc(Cl)cc1. The van der Waals surface area contributed by atoms with Crippen molar-refractivity contribution in [2.24, 2.45) is 0 Å². The number of rotatable bonds is 7. The summed E-state index contributed by atoms with van der Waals surface area (Å²) in [5, 5.41) is 12.4. The Morgan fingerprint density at radius 3 is 2.63 bits per heavy atom. The van der Waals surface area contributed by atoms with E-state index in [0.29, 0.717) is 19.6 Å². The zero-order valence-corrected chi connectivity index (χ0v) is 12.0. The van der Waals surface area contributed by atoms with E-state index in [1.165, 1.54) is 5.56 Å². The van der Waals surface area contributed by atoms with Crippen LogP contribution >= 0.6 is 11.6 Å². The van der Waals surface area contributed by atoms with Crippen molar-refractivity contribution in [2.75, 3.05) is 26.2 Å². The van der Waals surface area contributed by atoms with Crippen LogP contribution < -0.4 is 5.32 Å². The lowest BCUT2D eigenvalue weighted by molar-refractivity contribution is 0.180. The predicted molar refractivity (Wildman–Crippen MR) is 77.5 cm³/mol. The number of likely N-dealkylation sites (N-methyl/N-ethyl adjacent to an activating group) is 1. The first kappa shape index (κ1) is 15.8. The van der Waals surface area contributed by atoms with Crippen molar-refractivity contribution < 1.29 is 9.90 Å². The largest absolute Gasteiger partial charge is 0.395 e. The average molecular weight is 285 g/mol. The summed E-state index contributed by atoms with van der Waals surface area (Å²) in [5.74, 6) is 0. The van der Waals surface area contributed by atoms with Crippen LogP contribution in [0.2, 0.25) is 5.02 Å². The van der Waals surface area contributed by atoms with Gasteiger partial charge in [-0.25, -0.2) is 4.79 Å². The highest BCUT2D eigenvalue weighted by atomic mass is 35.5. The molecule has 0 aliphatic rings. The van der Waals surface area contributed by atoms with Crippen molar-refractivity contribution >= 4 is 17.6 Å². The highest BCUT2D eigenvalue weighted by Crippen LogP contribution is 2.10. The van der Waals surface area contributed by atoms with Crippen molar-refractivity contribution in [3.05, 3.63) is 34.9 Å². The summed E-state index contributed by atoms with van der Waals surface area (Å²) in [5.41, 5.74) is 1.21. The summed E-state index contributed by atoms with van der Waals surface area (Å²) < 4.78 is 0. The third-order valence-electron chi connectivity index (χ3n) is 2.87. The molecule has 0 atom stereocenters. The Bertz CT molecular complexity index is 382. The molecule has 0 unspecified atom stereocenters. The number of aryl methyl sites for hydroxylation is 1. The van der Waals surface area contributed by atoms with E-state index in [9.17, 15) is 4.79 Å². The maximum atomic E-state index is 11.7. The highest BCUT2D eigenvalue weighted by molar-refractivity contribution is 6.30. The molecule has 0 aliphatic carbocycles. The molecule has 5 heteroatoms. The van der Waals surface area contributed by atoms with Gasteiger partial charge < -0.3 is 15.3 Å². The van der Waals surface area contributed by atoms with Gasteiger partial charge in [-0.3, -0.25) is 0 Å². The lowest BCUT2D eigenvalue weighted by Gasteiger charge is -2.20. The molecule has 0 saturated carbocycles. The minimum atomic E-state index is -0.118. The fourth-order valence-electron chi connectivity index (χ4n) is 1.77. The second-order valence-electron chi connectivity index (χ2n) is 4.27. The Kier molecular flexibility index (Phi) is 7.30. The second kappa shape index (κ2) is 8.77. The normalized spacial score (nSPS) is 10.3. The smallest absolute Gasteiger partial charge is 0.317 e. The van der Waals surface area contributed by atoms with Crippen LogP contribution in [0.25, 0.3) is 0 Å². The molecule has 0 heterocycles. The molecule has 0 spiro atoms. The van der Waals surface area contributed by atoms with Gasteiger partial charge in [0.1, 0.15) is 0 Å². The number of carbonyl (C=O) groups excluding carboxylic acids is 1. The van der Waals surface area contributed by atoms with Gasteiger partial charge in [0.25, 0.3) is 0 Å². The summed E-state index contributed by atoms with van der Waals surface area (Å²) in [6, 6.07) is 7.61. The number of hydrogen-bond acceptors (Lipinski definition) is 2. The predicted octanol–water partition coefficient (Wildman–Crippen LogP) is 2.30. The molecular weight excluding hydrogens is 264 g/mol. The van der Waals surface area contributed by atoms with Gasteiger partial charge in [-0.05, 0) is 37.5 Å². The third-order valence-corrected chi connectivity index (χ3v) is 3.12. The van der Waals surface area contributed by atoms with E-state index in [4.69, 9.17) is 16.7 Å². The highest BCUT2D eigenvalue weighted by Gasteiger charge is 2.09. The number of hydrogen-bond donors (Lipinski definition) is 2. The molecule has 2 N–H and O–H groups in total. The second-order valence-corrected chi connectivity index (χ2v) is 4.70. The van der Waals surface area contributed by atoms with Crippen molar-refractivity contribution in [3.63, 3.8) is 0 Å². The van der Waals surface area contributed by atoms with Crippen LogP contribution in [0.15, 0.2) is 24.3 Å². The number of benzene rings is 1. The summed E-state index contributed by atoms with van der Waals surface area (Å²) in [7, 11) is 0. The lowest BCUT2D eigenvalue weighted by atomic mass is 10.1. The van der Waals surface area contributed by atoms with Crippen molar-refractivity contribution in [1.82, 2.24) is 10.2 Å². The van der Waals surface area contributed by atoms with Crippen LogP contribution in [-0.4, -0.2) is 42.3 Å². The monoisotopic (exact) mass is 284 g/mol. The fraction of sp³-hybridized carbons (Fsp3) is 0.500. The molecule has 0 aliphatic heterocycles. The molecule has 0 fully saturated rings. The van der Waals surface area contributed by atoms with Crippen molar-refractivity contribution in [1.29, 1.82) is 0 Å². The maximum Gasteiger partial charge on any atom is 0.317 e. The van der Waals surface area contributed by atoms with Crippen LogP contribution in [0.1, 0.15) is 18.9 Å². The average Bonchev–Trinajstić information content (AvgIpc) is 2.42.